The van der Waals surface area contributed by atoms with Crippen LogP contribution in [0.5, 0.6) is 0 Å². The van der Waals surface area contributed by atoms with Gasteiger partial charge in [0.1, 0.15) is 5.82 Å². The summed E-state index contributed by atoms with van der Waals surface area (Å²) in [5, 5.41) is 2.82. The zero-order valence-electron chi connectivity index (χ0n) is 15.3. The Morgan fingerprint density at radius 1 is 1.00 bits per heavy atom. The third-order valence-electron chi connectivity index (χ3n) is 5.38. The van der Waals surface area contributed by atoms with Crippen LogP contribution >= 0.6 is 0 Å². The molecule has 0 radical (unpaired) electrons. The Balaban J connectivity index is 1.45. The molecule has 2 saturated heterocycles. The Morgan fingerprint density at radius 3 is 2.42 bits per heavy atom. The number of nitrogens with one attached hydrogen (secondary N) is 1. The number of nitrogens with zero attached hydrogens (tertiary/aromatic N) is 2. The Labute approximate surface area is 154 Å². The summed E-state index contributed by atoms with van der Waals surface area (Å²) in [5.74, 6) is 0.313. The molecule has 1 aromatic rings. The molecule has 0 bridgehead atoms. The van der Waals surface area contributed by atoms with Crippen LogP contribution in [0.15, 0.2) is 24.3 Å². The van der Waals surface area contributed by atoms with Crippen molar-refractivity contribution in [2.45, 2.75) is 44.9 Å². The second kappa shape index (κ2) is 9.01. The Morgan fingerprint density at radius 2 is 1.69 bits per heavy atom. The van der Waals surface area contributed by atoms with E-state index in [1.807, 2.05) is 9.80 Å². The van der Waals surface area contributed by atoms with Crippen molar-refractivity contribution in [1.29, 1.82) is 0 Å². The van der Waals surface area contributed by atoms with Crippen LogP contribution in [0.4, 0.5) is 14.9 Å². The Hall–Kier alpha value is -2.11. The highest BCUT2D eigenvalue weighted by atomic mass is 19.1. The molecule has 0 unspecified atom stereocenters. The van der Waals surface area contributed by atoms with Gasteiger partial charge in [-0.05, 0) is 68.7 Å². The number of amides is 3. The van der Waals surface area contributed by atoms with Gasteiger partial charge in [0.15, 0.2) is 0 Å². The molecule has 0 saturated carbocycles. The van der Waals surface area contributed by atoms with Crippen molar-refractivity contribution in [1.82, 2.24) is 9.80 Å². The van der Waals surface area contributed by atoms with Gasteiger partial charge in [0.25, 0.3) is 0 Å². The summed E-state index contributed by atoms with van der Waals surface area (Å²) in [5.41, 5.74) is 0.596. The number of piperidine rings is 2. The number of anilines is 1. The molecule has 2 aliphatic heterocycles. The van der Waals surface area contributed by atoms with Gasteiger partial charge in [-0.2, -0.15) is 0 Å². The molecule has 2 fully saturated rings. The number of likely N-dealkylation sites (tertiary alicyclic amines) is 2. The second-order valence-electron chi connectivity index (χ2n) is 7.37. The average Bonchev–Trinajstić information content (AvgIpc) is 2.69. The van der Waals surface area contributed by atoms with Crippen molar-refractivity contribution in [3.63, 3.8) is 0 Å². The van der Waals surface area contributed by atoms with Gasteiger partial charge in [-0.15, -0.1) is 0 Å². The maximum absolute atomic E-state index is 13.0. The lowest BCUT2D eigenvalue weighted by Gasteiger charge is -2.33. The van der Waals surface area contributed by atoms with E-state index in [-0.39, 0.29) is 17.8 Å². The minimum absolute atomic E-state index is 0.149. The number of urea groups is 1. The monoisotopic (exact) mass is 361 g/mol. The molecule has 1 N–H and O–H groups in total. The number of carbonyl (C=O) groups excluding carboxylic acids is 2. The fourth-order valence-electron chi connectivity index (χ4n) is 3.85. The minimum atomic E-state index is -0.320. The predicted molar refractivity (Wildman–Crippen MR) is 99.4 cm³/mol. The lowest BCUT2D eigenvalue weighted by atomic mass is 9.93. The van der Waals surface area contributed by atoms with Crippen molar-refractivity contribution in [2.75, 3.05) is 31.5 Å². The normalized spacial score (nSPS) is 20.7. The third-order valence-corrected chi connectivity index (χ3v) is 5.38. The molecule has 1 aromatic carbocycles. The van der Waals surface area contributed by atoms with Gasteiger partial charge < -0.3 is 15.1 Å². The van der Waals surface area contributed by atoms with Gasteiger partial charge in [0.05, 0.1) is 0 Å². The largest absolute Gasteiger partial charge is 0.343 e. The SMILES string of the molecule is O=C(CC[C@H]1CCCN(C(=O)Nc2ccc(F)cc2)C1)N1CCCCC1. The lowest BCUT2D eigenvalue weighted by Crippen LogP contribution is -2.42. The van der Waals surface area contributed by atoms with Crippen LogP contribution in [0.25, 0.3) is 0 Å². The Bertz CT molecular complexity index is 614. The molecule has 3 rings (SSSR count). The summed E-state index contributed by atoms with van der Waals surface area (Å²) in [7, 11) is 0. The number of rotatable bonds is 4. The quantitative estimate of drug-likeness (QED) is 0.885. The minimum Gasteiger partial charge on any atom is -0.343 e. The van der Waals surface area contributed by atoms with Gasteiger partial charge in [0.2, 0.25) is 5.91 Å². The molecule has 0 aromatic heterocycles. The van der Waals surface area contributed by atoms with Gasteiger partial charge in [-0.25, -0.2) is 9.18 Å². The third kappa shape index (κ3) is 5.19. The average molecular weight is 361 g/mol. The lowest BCUT2D eigenvalue weighted by molar-refractivity contribution is -0.132. The molecule has 0 spiro atoms. The van der Waals surface area contributed by atoms with Crippen LogP contribution in [-0.4, -0.2) is 47.9 Å². The first kappa shape index (κ1) is 18.7. The highest BCUT2D eigenvalue weighted by Gasteiger charge is 2.25. The van der Waals surface area contributed by atoms with Crippen LogP contribution in [0, 0.1) is 11.7 Å². The van der Waals surface area contributed by atoms with E-state index in [0.717, 1.165) is 51.7 Å². The molecule has 2 heterocycles. The van der Waals surface area contributed by atoms with Gasteiger partial charge in [-0.3, -0.25) is 4.79 Å². The molecule has 1 atom stereocenters. The van der Waals surface area contributed by atoms with E-state index in [1.54, 1.807) is 12.1 Å². The van der Waals surface area contributed by atoms with Crippen molar-refractivity contribution in [3.8, 4) is 0 Å². The van der Waals surface area contributed by atoms with Crippen LogP contribution in [0.2, 0.25) is 0 Å². The first-order chi connectivity index (χ1) is 12.6. The van der Waals surface area contributed by atoms with Crippen LogP contribution < -0.4 is 5.32 Å². The first-order valence-electron chi connectivity index (χ1n) is 9.71. The first-order valence-corrected chi connectivity index (χ1v) is 9.71. The highest BCUT2D eigenvalue weighted by molar-refractivity contribution is 5.89. The number of hydrogen-bond acceptors (Lipinski definition) is 2. The maximum atomic E-state index is 13.0. The van der Waals surface area contributed by atoms with E-state index in [1.165, 1.54) is 18.6 Å². The smallest absolute Gasteiger partial charge is 0.321 e. The Kier molecular flexibility index (Phi) is 6.47. The van der Waals surface area contributed by atoms with E-state index in [9.17, 15) is 14.0 Å². The number of benzene rings is 1. The second-order valence-corrected chi connectivity index (χ2v) is 7.37. The molecule has 142 valence electrons. The molecule has 6 heteroatoms. The van der Waals surface area contributed by atoms with E-state index in [0.29, 0.717) is 24.6 Å². The summed E-state index contributed by atoms with van der Waals surface area (Å²) in [6, 6.07) is 5.64. The van der Waals surface area contributed by atoms with Gasteiger partial charge >= 0.3 is 6.03 Å². The summed E-state index contributed by atoms with van der Waals surface area (Å²) in [6.45, 7) is 3.20. The van der Waals surface area contributed by atoms with E-state index in [2.05, 4.69) is 5.32 Å². The van der Waals surface area contributed by atoms with E-state index < -0.39 is 0 Å². The maximum Gasteiger partial charge on any atom is 0.321 e. The highest BCUT2D eigenvalue weighted by Crippen LogP contribution is 2.23. The topological polar surface area (TPSA) is 52.7 Å². The molecule has 26 heavy (non-hydrogen) atoms. The summed E-state index contributed by atoms with van der Waals surface area (Å²) in [4.78, 5) is 28.6. The molecule has 2 aliphatic rings. The zero-order chi connectivity index (χ0) is 18.4. The summed E-state index contributed by atoms with van der Waals surface area (Å²) in [6.07, 6.45) is 6.91. The predicted octanol–water partition coefficient (Wildman–Crippen LogP) is 3.86. The van der Waals surface area contributed by atoms with E-state index in [4.69, 9.17) is 0 Å². The summed E-state index contributed by atoms with van der Waals surface area (Å²) >= 11 is 0. The van der Waals surface area contributed by atoms with Crippen molar-refractivity contribution < 1.29 is 14.0 Å². The van der Waals surface area contributed by atoms with Crippen molar-refractivity contribution in [2.24, 2.45) is 5.92 Å². The number of hydrogen-bond donors (Lipinski definition) is 1. The standard InChI is InChI=1S/C20H28FN3O2/c21-17-7-9-18(10-8-17)22-20(26)24-14-4-5-16(15-24)6-11-19(25)23-12-2-1-3-13-23/h7-10,16H,1-6,11-15H2,(H,22,26)/t16-/m1/s1. The fourth-order valence-corrected chi connectivity index (χ4v) is 3.85. The van der Waals surface area contributed by atoms with Crippen LogP contribution in [0.1, 0.15) is 44.9 Å². The van der Waals surface area contributed by atoms with E-state index >= 15 is 0 Å². The molecule has 0 aliphatic carbocycles. The van der Waals surface area contributed by atoms with Crippen LogP contribution in [0.3, 0.4) is 0 Å². The molecule has 5 nitrogen and oxygen atoms in total. The molecule has 3 amide bonds. The number of halogens is 1. The van der Waals surface area contributed by atoms with Crippen LogP contribution in [-0.2, 0) is 4.79 Å². The van der Waals surface area contributed by atoms with Gasteiger partial charge in [-0.1, -0.05) is 0 Å². The number of carbonyl (C=O) groups is 2. The van der Waals surface area contributed by atoms with Crippen molar-refractivity contribution >= 4 is 17.6 Å². The molecular weight excluding hydrogens is 333 g/mol. The van der Waals surface area contributed by atoms with Crippen molar-refractivity contribution in [3.05, 3.63) is 30.1 Å². The summed E-state index contributed by atoms with van der Waals surface area (Å²) < 4.78 is 13.0. The van der Waals surface area contributed by atoms with Gasteiger partial charge in [0, 0.05) is 38.3 Å². The zero-order valence-corrected chi connectivity index (χ0v) is 15.3. The fraction of sp³-hybridized carbons (Fsp3) is 0.600. The molecular formula is C20H28FN3O2.